The highest BCUT2D eigenvalue weighted by Crippen LogP contribution is 2.27. The molecule has 0 aromatic heterocycles. The Bertz CT molecular complexity index is 650. The number of carbonyl (C=O) groups excluding carboxylic acids is 3. The Morgan fingerprint density at radius 3 is 1.87 bits per heavy atom. The van der Waals surface area contributed by atoms with Gasteiger partial charge in [-0.05, 0) is 18.9 Å². The predicted octanol–water partition coefficient (Wildman–Crippen LogP) is 5.81. The maximum Gasteiger partial charge on any atom is 0.308 e. The highest BCUT2D eigenvalue weighted by Gasteiger charge is 2.34. The van der Waals surface area contributed by atoms with E-state index in [0.29, 0.717) is 6.42 Å². The van der Waals surface area contributed by atoms with Gasteiger partial charge in [-0.25, -0.2) is 0 Å². The Morgan fingerprint density at radius 1 is 0.871 bits per heavy atom. The zero-order chi connectivity index (χ0) is 23.1. The van der Waals surface area contributed by atoms with Gasteiger partial charge in [0.25, 0.3) is 5.91 Å². The second kappa shape index (κ2) is 15.7. The van der Waals surface area contributed by atoms with E-state index in [2.05, 4.69) is 6.92 Å². The van der Waals surface area contributed by atoms with Gasteiger partial charge in [-0.1, -0.05) is 77.6 Å². The van der Waals surface area contributed by atoms with Crippen LogP contribution in [-0.2, 0) is 23.9 Å². The summed E-state index contributed by atoms with van der Waals surface area (Å²) in [6, 6.07) is 0. The number of ether oxygens (including phenoxy) is 2. The van der Waals surface area contributed by atoms with Gasteiger partial charge in [0.15, 0.2) is 0 Å². The van der Waals surface area contributed by atoms with E-state index in [1.54, 1.807) is 13.1 Å². The summed E-state index contributed by atoms with van der Waals surface area (Å²) < 4.78 is 10.5. The molecule has 0 radical (unpaired) electrons. The van der Waals surface area contributed by atoms with Gasteiger partial charge in [-0.3, -0.25) is 14.4 Å². The van der Waals surface area contributed by atoms with E-state index < -0.39 is 11.9 Å². The van der Waals surface area contributed by atoms with Crippen LogP contribution < -0.4 is 0 Å². The molecule has 6 heteroatoms. The highest BCUT2D eigenvalue weighted by atomic mass is 16.5. The van der Waals surface area contributed by atoms with Crippen LogP contribution in [0.3, 0.4) is 0 Å². The van der Waals surface area contributed by atoms with Crippen molar-refractivity contribution in [1.82, 2.24) is 4.90 Å². The third-order valence-electron chi connectivity index (χ3n) is 5.37. The van der Waals surface area contributed by atoms with Crippen molar-refractivity contribution in [3.63, 3.8) is 0 Å². The first kappa shape index (κ1) is 26.9. The molecular weight excluding hydrogens is 394 g/mol. The molecule has 0 saturated carbocycles. The SMILES string of the molecule is CCCCCCCCCCCCCC/C=C(\OC(C)=O)C1=C(OC(C)=O)CN(C)C1=O. The van der Waals surface area contributed by atoms with Crippen LogP contribution in [0.15, 0.2) is 23.2 Å². The molecule has 1 aliphatic heterocycles. The number of hydrogen-bond acceptors (Lipinski definition) is 5. The average molecular weight is 436 g/mol. The molecule has 1 aliphatic rings. The molecule has 0 aliphatic carbocycles. The normalized spacial score (nSPS) is 14.4. The molecule has 0 bridgehead atoms. The molecule has 1 heterocycles. The largest absolute Gasteiger partial charge is 0.428 e. The minimum Gasteiger partial charge on any atom is -0.428 e. The Labute approximate surface area is 188 Å². The van der Waals surface area contributed by atoms with Crippen LogP contribution in [0.4, 0.5) is 0 Å². The number of esters is 2. The summed E-state index contributed by atoms with van der Waals surface area (Å²) in [6.45, 7) is 5.02. The number of unbranched alkanes of at least 4 members (excludes halogenated alkanes) is 12. The van der Waals surface area contributed by atoms with E-state index in [-0.39, 0.29) is 29.5 Å². The Kier molecular flexibility index (Phi) is 13.6. The van der Waals surface area contributed by atoms with Gasteiger partial charge in [0.2, 0.25) is 0 Å². The van der Waals surface area contributed by atoms with Gasteiger partial charge >= 0.3 is 11.9 Å². The van der Waals surface area contributed by atoms with Gasteiger partial charge in [0.05, 0.1) is 6.54 Å². The third kappa shape index (κ3) is 11.2. The van der Waals surface area contributed by atoms with Crippen molar-refractivity contribution in [2.75, 3.05) is 13.6 Å². The van der Waals surface area contributed by atoms with Crippen LogP contribution in [0.2, 0.25) is 0 Å². The third-order valence-corrected chi connectivity index (χ3v) is 5.37. The van der Waals surface area contributed by atoms with E-state index in [4.69, 9.17) is 9.47 Å². The van der Waals surface area contributed by atoms with Crippen molar-refractivity contribution < 1.29 is 23.9 Å². The van der Waals surface area contributed by atoms with Crippen molar-refractivity contribution in [2.45, 2.75) is 104 Å². The first-order valence-corrected chi connectivity index (χ1v) is 11.9. The lowest BCUT2D eigenvalue weighted by atomic mass is 10.0. The van der Waals surface area contributed by atoms with Crippen molar-refractivity contribution >= 4 is 17.8 Å². The monoisotopic (exact) mass is 435 g/mol. The Balaban J connectivity index is 2.41. The molecule has 0 unspecified atom stereocenters. The van der Waals surface area contributed by atoms with Crippen molar-refractivity contribution in [2.24, 2.45) is 0 Å². The molecular formula is C25H41NO5. The molecule has 0 aromatic carbocycles. The summed E-state index contributed by atoms with van der Waals surface area (Å²) in [7, 11) is 1.62. The van der Waals surface area contributed by atoms with Gasteiger partial charge in [0.1, 0.15) is 17.1 Å². The first-order valence-electron chi connectivity index (χ1n) is 11.9. The number of nitrogens with zero attached hydrogens (tertiary/aromatic N) is 1. The molecule has 0 spiro atoms. The van der Waals surface area contributed by atoms with Crippen LogP contribution in [0, 0.1) is 0 Å². The fourth-order valence-electron chi connectivity index (χ4n) is 3.74. The summed E-state index contributed by atoms with van der Waals surface area (Å²) in [4.78, 5) is 36.9. The molecule has 0 aromatic rings. The lowest BCUT2D eigenvalue weighted by Crippen LogP contribution is -2.23. The lowest BCUT2D eigenvalue weighted by molar-refractivity contribution is -0.137. The van der Waals surface area contributed by atoms with Crippen LogP contribution >= 0.6 is 0 Å². The summed E-state index contributed by atoms with van der Waals surface area (Å²) in [5.74, 6) is -0.876. The van der Waals surface area contributed by atoms with Crippen LogP contribution in [0.5, 0.6) is 0 Å². The van der Waals surface area contributed by atoms with Gasteiger partial charge in [0, 0.05) is 20.9 Å². The van der Waals surface area contributed by atoms with Crippen LogP contribution in [0.1, 0.15) is 104 Å². The van der Waals surface area contributed by atoms with E-state index >= 15 is 0 Å². The second-order valence-corrected chi connectivity index (χ2v) is 8.39. The minimum atomic E-state index is -0.502. The maximum atomic E-state index is 12.5. The molecule has 176 valence electrons. The number of hydrogen-bond donors (Lipinski definition) is 0. The molecule has 0 fully saturated rings. The summed E-state index contributed by atoms with van der Waals surface area (Å²) in [5.41, 5.74) is 0.173. The molecule has 0 saturated heterocycles. The molecule has 0 atom stereocenters. The fraction of sp³-hybridized carbons (Fsp3) is 0.720. The summed E-state index contributed by atoms with van der Waals surface area (Å²) in [5, 5.41) is 0. The lowest BCUT2D eigenvalue weighted by Gasteiger charge is -2.10. The minimum absolute atomic E-state index is 0.173. The smallest absolute Gasteiger partial charge is 0.308 e. The van der Waals surface area contributed by atoms with Crippen molar-refractivity contribution in [3.05, 3.63) is 23.2 Å². The number of amides is 1. The van der Waals surface area contributed by atoms with Gasteiger partial charge in [-0.15, -0.1) is 0 Å². The topological polar surface area (TPSA) is 72.9 Å². The number of carbonyl (C=O) groups is 3. The number of rotatable bonds is 16. The van der Waals surface area contributed by atoms with E-state index in [1.165, 1.54) is 83.0 Å². The molecule has 1 rings (SSSR count). The Hall–Kier alpha value is -2.11. The number of allylic oxidation sites excluding steroid dienone is 1. The quantitative estimate of drug-likeness (QED) is 0.174. The second-order valence-electron chi connectivity index (χ2n) is 8.39. The maximum absolute atomic E-state index is 12.5. The Morgan fingerprint density at radius 2 is 1.39 bits per heavy atom. The number of likely N-dealkylation sites (N-methyl/N-ethyl adjacent to an activating group) is 1. The standard InChI is InChI=1S/C25H41NO5/c1-5-6-7-8-9-10-11-12-13-14-15-16-17-18-22(30-20(2)27)24-23(31-21(3)28)19-26(4)25(24)29/h18H,5-17,19H2,1-4H3/b22-18-. The van der Waals surface area contributed by atoms with E-state index in [9.17, 15) is 14.4 Å². The highest BCUT2D eigenvalue weighted by molar-refractivity contribution is 6.01. The zero-order valence-corrected chi connectivity index (χ0v) is 20.0. The van der Waals surface area contributed by atoms with Crippen molar-refractivity contribution in [1.29, 1.82) is 0 Å². The average Bonchev–Trinajstić information content (AvgIpc) is 2.97. The fourth-order valence-corrected chi connectivity index (χ4v) is 3.74. The zero-order valence-electron chi connectivity index (χ0n) is 20.0. The molecule has 6 nitrogen and oxygen atoms in total. The van der Waals surface area contributed by atoms with E-state index in [0.717, 1.165) is 12.8 Å². The molecule has 1 amide bonds. The predicted molar refractivity (Wildman–Crippen MR) is 122 cm³/mol. The van der Waals surface area contributed by atoms with Crippen LogP contribution in [0.25, 0.3) is 0 Å². The van der Waals surface area contributed by atoms with Crippen LogP contribution in [-0.4, -0.2) is 36.3 Å². The van der Waals surface area contributed by atoms with Gasteiger partial charge < -0.3 is 14.4 Å². The first-order chi connectivity index (χ1) is 14.9. The van der Waals surface area contributed by atoms with Crippen molar-refractivity contribution in [3.8, 4) is 0 Å². The van der Waals surface area contributed by atoms with E-state index in [1.807, 2.05) is 0 Å². The molecule has 0 N–H and O–H groups in total. The van der Waals surface area contributed by atoms with Gasteiger partial charge in [-0.2, -0.15) is 0 Å². The summed E-state index contributed by atoms with van der Waals surface area (Å²) in [6.07, 6.45) is 17.7. The summed E-state index contributed by atoms with van der Waals surface area (Å²) >= 11 is 0. The molecule has 31 heavy (non-hydrogen) atoms.